The zero-order chi connectivity index (χ0) is 23.1. The van der Waals surface area contributed by atoms with E-state index < -0.39 is 0 Å². The Morgan fingerprint density at radius 3 is 2.91 bits per heavy atom. The third kappa shape index (κ3) is 3.79. The van der Waals surface area contributed by atoms with Crippen LogP contribution >= 0.6 is 11.3 Å². The highest BCUT2D eigenvalue weighted by atomic mass is 32.1. The Morgan fingerprint density at radius 1 is 1.30 bits per heavy atom. The van der Waals surface area contributed by atoms with Crippen LogP contribution in [-0.2, 0) is 11.2 Å². The predicted molar refractivity (Wildman–Crippen MR) is 127 cm³/mol. The second-order valence-corrected chi connectivity index (χ2v) is 9.85. The van der Waals surface area contributed by atoms with E-state index in [1.807, 2.05) is 49.2 Å². The number of carbonyl (C=O) groups excluding carboxylic acids is 1. The number of hydrogen-bond donors (Lipinski definition) is 1. The summed E-state index contributed by atoms with van der Waals surface area (Å²) < 4.78 is 5.74. The standard InChI is InChI=1S/C26H25N3O3S/c1-15(2)32-22-7-6-16(10-18(22)13-27)26-28-14-23(33-26)19-4-3-5-20-21(19)11-17-12-24(31)29(8-9-30)25(17)20/h3-7,10,14-15,17,25,30H,8-9,11-12H2,1-2H3/t17-,25+/m1/s1. The van der Waals surface area contributed by atoms with Crippen molar-refractivity contribution in [2.45, 2.75) is 38.8 Å². The van der Waals surface area contributed by atoms with E-state index in [0.29, 0.717) is 24.3 Å². The Morgan fingerprint density at radius 2 is 2.15 bits per heavy atom. The van der Waals surface area contributed by atoms with Gasteiger partial charge in [-0.05, 0) is 61.1 Å². The van der Waals surface area contributed by atoms with Gasteiger partial charge in [-0.15, -0.1) is 11.3 Å². The van der Waals surface area contributed by atoms with Gasteiger partial charge < -0.3 is 14.7 Å². The Labute approximate surface area is 197 Å². The van der Waals surface area contributed by atoms with Gasteiger partial charge in [-0.2, -0.15) is 5.26 Å². The quantitative estimate of drug-likeness (QED) is 0.583. The Balaban J connectivity index is 1.48. The third-order valence-corrected chi connectivity index (χ3v) is 7.44. The fraction of sp³-hybridized carbons (Fsp3) is 0.346. The van der Waals surface area contributed by atoms with Gasteiger partial charge in [0.05, 0.1) is 29.2 Å². The molecule has 0 radical (unpaired) electrons. The second-order valence-electron chi connectivity index (χ2n) is 8.82. The van der Waals surface area contributed by atoms with Crippen molar-refractivity contribution >= 4 is 17.2 Å². The van der Waals surface area contributed by atoms with Crippen molar-refractivity contribution in [3.05, 3.63) is 59.3 Å². The molecule has 7 heteroatoms. The molecule has 5 rings (SSSR count). The number of rotatable bonds is 6. The summed E-state index contributed by atoms with van der Waals surface area (Å²) in [5, 5.41) is 19.8. The average molecular weight is 460 g/mol. The molecule has 33 heavy (non-hydrogen) atoms. The molecule has 2 atom stereocenters. The molecule has 2 aliphatic rings. The minimum absolute atomic E-state index is 0.00215. The van der Waals surface area contributed by atoms with E-state index in [4.69, 9.17) is 4.74 Å². The number of nitrogens with zero attached hydrogens (tertiary/aromatic N) is 3. The van der Waals surface area contributed by atoms with Crippen LogP contribution in [0.25, 0.3) is 21.0 Å². The molecule has 1 saturated heterocycles. The van der Waals surface area contributed by atoms with Crippen LogP contribution in [0.1, 0.15) is 43.0 Å². The lowest BCUT2D eigenvalue weighted by Gasteiger charge is -2.24. The number of nitriles is 1. The van der Waals surface area contributed by atoms with Gasteiger partial charge in [0.15, 0.2) is 0 Å². The van der Waals surface area contributed by atoms with Crippen LogP contribution in [0.2, 0.25) is 0 Å². The molecule has 168 valence electrons. The summed E-state index contributed by atoms with van der Waals surface area (Å²) in [5.41, 5.74) is 5.01. The Kier molecular flexibility index (Phi) is 5.65. The number of amides is 1. The van der Waals surface area contributed by atoms with Gasteiger partial charge in [0.1, 0.15) is 16.8 Å². The summed E-state index contributed by atoms with van der Waals surface area (Å²) in [6.45, 7) is 4.24. The first kappa shape index (κ1) is 21.6. The van der Waals surface area contributed by atoms with Crippen molar-refractivity contribution in [1.82, 2.24) is 9.88 Å². The first-order valence-corrected chi connectivity index (χ1v) is 12.0. The largest absolute Gasteiger partial charge is 0.490 e. The number of carbonyl (C=O) groups is 1. The minimum Gasteiger partial charge on any atom is -0.490 e. The molecule has 1 aliphatic carbocycles. The summed E-state index contributed by atoms with van der Waals surface area (Å²) in [6.07, 6.45) is 3.29. The first-order valence-electron chi connectivity index (χ1n) is 11.2. The summed E-state index contributed by atoms with van der Waals surface area (Å²) in [5.74, 6) is 0.982. The SMILES string of the molecule is CC(C)Oc1ccc(-c2ncc(-c3cccc4c3C[C@@H]3CC(=O)N(CCO)[C@H]43)s2)cc1C#N. The molecular formula is C26H25N3O3S. The number of thiazole rings is 1. The molecule has 1 fully saturated rings. The van der Waals surface area contributed by atoms with Gasteiger partial charge in [0, 0.05) is 24.7 Å². The maximum Gasteiger partial charge on any atom is 0.223 e. The van der Waals surface area contributed by atoms with Gasteiger partial charge in [-0.25, -0.2) is 4.98 Å². The van der Waals surface area contributed by atoms with Crippen LogP contribution in [0.15, 0.2) is 42.6 Å². The smallest absolute Gasteiger partial charge is 0.223 e. The zero-order valence-corrected chi connectivity index (χ0v) is 19.4. The number of likely N-dealkylation sites (tertiary alicyclic amines) is 1. The second kappa shape index (κ2) is 8.62. The Bertz CT molecular complexity index is 1260. The van der Waals surface area contributed by atoms with Crippen LogP contribution in [0.3, 0.4) is 0 Å². The van der Waals surface area contributed by atoms with Gasteiger partial charge >= 0.3 is 0 Å². The summed E-state index contributed by atoms with van der Waals surface area (Å²) >= 11 is 1.60. The summed E-state index contributed by atoms with van der Waals surface area (Å²) in [6, 6.07) is 14.2. The maximum atomic E-state index is 12.4. The number of hydrogen-bond acceptors (Lipinski definition) is 6. The molecule has 2 heterocycles. The average Bonchev–Trinajstić information content (AvgIpc) is 3.49. The van der Waals surface area contributed by atoms with Gasteiger partial charge in [-0.3, -0.25) is 4.79 Å². The number of aliphatic hydroxyl groups is 1. The fourth-order valence-electron chi connectivity index (χ4n) is 5.08. The molecule has 0 unspecified atom stereocenters. The topological polar surface area (TPSA) is 86.4 Å². The van der Waals surface area contributed by atoms with Crippen LogP contribution in [0.4, 0.5) is 0 Å². The highest BCUT2D eigenvalue weighted by Crippen LogP contribution is 2.50. The molecule has 2 aromatic carbocycles. The minimum atomic E-state index is -0.0200. The molecule has 0 bridgehead atoms. The number of ether oxygens (including phenoxy) is 1. The molecule has 1 aliphatic heterocycles. The molecular weight excluding hydrogens is 434 g/mol. The highest BCUT2D eigenvalue weighted by molar-refractivity contribution is 7.18. The zero-order valence-electron chi connectivity index (χ0n) is 18.6. The molecule has 0 spiro atoms. The van der Waals surface area contributed by atoms with Crippen molar-refractivity contribution < 1.29 is 14.6 Å². The van der Waals surface area contributed by atoms with E-state index >= 15 is 0 Å². The summed E-state index contributed by atoms with van der Waals surface area (Å²) in [4.78, 5) is 20.0. The number of aromatic nitrogens is 1. The molecule has 1 amide bonds. The monoisotopic (exact) mass is 459 g/mol. The first-order chi connectivity index (χ1) is 16.0. The normalized spacial score (nSPS) is 19.0. The van der Waals surface area contributed by atoms with Crippen molar-refractivity contribution in [3.63, 3.8) is 0 Å². The van der Waals surface area contributed by atoms with E-state index in [1.54, 1.807) is 11.3 Å². The van der Waals surface area contributed by atoms with Crippen LogP contribution in [0, 0.1) is 17.2 Å². The maximum absolute atomic E-state index is 12.4. The predicted octanol–water partition coefficient (Wildman–Crippen LogP) is 4.57. The molecule has 1 N–H and O–H groups in total. The van der Waals surface area contributed by atoms with E-state index in [1.165, 1.54) is 11.1 Å². The van der Waals surface area contributed by atoms with Crippen molar-refractivity contribution in [1.29, 1.82) is 5.26 Å². The van der Waals surface area contributed by atoms with E-state index in [0.717, 1.165) is 27.4 Å². The van der Waals surface area contributed by atoms with Crippen LogP contribution < -0.4 is 4.74 Å². The van der Waals surface area contributed by atoms with Crippen LogP contribution in [0.5, 0.6) is 5.75 Å². The van der Waals surface area contributed by atoms with Crippen molar-refractivity contribution in [2.24, 2.45) is 5.92 Å². The fourth-order valence-corrected chi connectivity index (χ4v) is 6.05. The van der Waals surface area contributed by atoms with Crippen molar-refractivity contribution in [3.8, 4) is 32.8 Å². The lowest BCUT2D eigenvalue weighted by Crippen LogP contribution is -2.30. The number of aliphatic hydroxyl groups excluding tert-OH is 1. The number of fused-ring (bicyclic) bond motifs is 3. The van der Waals surface area contributed by atoms with E-state index in [-0.39, 0.29) is 30.6 Å². The third-order valence-electron chi connectivity index (χ3n) is 6.36. The van der Waals surface area contributed by atoms with E-state index in [2.05, 4.69) is 23.2 Å². The molecule has 6 nitrogen and oxygen atoms in total. The van der Waals surface area contributed by atoms with Gasteiger partial charge in [0.2, 0.25) is 5.91 Å². The van der Waals surface area contributed by atoms with Gasteiger partial charge in [0.25, 0.3) is 0 Å². The lowest BCUT2D eigenvalue weighted by atomic mass is 10.0. The lowest BCUT2D eigenvalue weighted by molar-refractivity contribution is -0.129. The Hall–Kier alpha value is -3.21. The van der Waals surface area contributed by atoms with E-state index in [9.17, 15) is 15.2 Å². The highest BCUT2D eigenvalue weighted by Gasteiger charge is 2.45. The molecule has 0 saturated carbocycles. The number of benzene rings is 2. The molecule has 3 aromatic rings. The van der Waals surface area contributed by atoms with Crippen LogP contribution in [-0.4, -0.2) is 40.2 Å². The molecule has 1 aromatic heterocycles. The number of β-amino-alcohol motifs (C(OH)–C–C–N with tert-alkyl or cyclic N) is 1. The van der Waals surface area contributed by atoms with Crippen molar-refractivity contribution in [2.75, 3.05) is 13.2 Å². The summed E-state index contributed by atoms with van der Waals surface area (Å²) in [7, 11) is 0. The van der Waals surface area contributed by atoms with Gasteiger partial charge in [-0.1, -0.05) is 18.2 Å².